The molecule has 1 atom stereocenters. The summed E-state index contributed by atoms with van der Waals surface area (Å²) in [6.07, 6.45) is 1.24. The van der Waals surface area contributed by atoms with E-state index in [0.29, 0.717) is 19.4 Å². The van der Waals surface area contributed by atoms with E-state index in [0.717, 1.165) is 5.56 Å². The summed E-state index contributed by atoms with van der Waals surface area (Å²) in [5.41, 5.74) is 6.92. The van der Waals surface area contributed by atoms with Gasteiger partial charge in [-0.05, 0) is 18.4 Å². The van der Waals surface area contributed by atoms with Crippen molar-refractivity contribution in [2.24, 2.45) is 5.73 Å². The summed E-state index contributed by atoms with van der Waals surface area (Å²) in [5.74, 6) is -0.463. The summed E-state index contributed by atoms with van der Waals surface area (Å²) < 4.78 is 25.2. The topological polar surface area (TPSA) is 101 Å². The van der Waals surface area contributed by atoms with Crippen molar-refractivity contribution in [2.45, 2.75) is 25.8 Å². The van der Waals surface area contributed by atoms with Crippen LogP contribution in [-0.2, 0) is 21.2 Å². The van der Waals surface area contributed by atoms with Gasteiger partial charge >= 0.3 is 0 Å². The van der Waals surface area contributed by atoms with E-state index >= 15 is 0 Å². The molecule has 1 amide bonds. The van der Waals surface area contributed by atoms with Gasteiger partial charge in [0.25, 0.3) is 0 Å². The molecule has 7 heteroatoms. The van der Waals surface area contributed by atoms with Gasteiger partial charge in [-0.15, -0.1) is 0 Å². The second kappa shape index (κ2) is 8.76. The van der Waals surface area contributed by atoms with Crippen LogP contribution in [0.25, 0.3) is 0 Å². The largest absolute Gasteiger partial charge is 0.354 e. The number of carbonyl (C=O) groups is 1. The van der Waals surface area contributed by atoms with Gasteiger partial charge in [0.2, 0.25) is 15.9 Å². The summed E-state index contributed by atoms with van der Waals surface area (Å²) in [6.45, 7) is 2.11. The van der Waals surface area contributed by atoms with Gasteiger partial charge in [-0.25, -0.2) is 13.1 Å². The molecule has 1 rings (SSSR count). The molecule has 0 saturated carbocycles. The van der Waals surface area contributed by atoms with Crippen molar-refractivity contribution >= 4 is 15.9 Å². The highest BCUT2D eigenvalue weighted by Gasteiger charge is 2.14. The molecule has 0 radical (unpaired) electrons. The maximum atomic E-state index is 11.8. The van der Waals surface area contributed by atoms with Crippen LogP contribution in [0, 0.1) is 0 Å². The number of rotatable bonds is 9. The van der Waals surface area contributed by atoms with Crippen LogP contribution < -0.4 is 15.8 Å². The summed E-state index contributed by atoms with van der Waals surface area (Å²) in [4.78, 5) is 11.8. The molecule has 0 aliphatic heterocycles. The van der Waals surface area contributed by atoms with E-state index in [9.17, 15) is 13.2 Å². The van der Waals surface area contributed by atoms with Crippen molar-refractivity contribution < 1.29 is 13.2 Å². The Morgan fingerprint density at radius 3 is 2.57 bits per heavy atom. The molecule has 4 N–H and O–H groups in total. The minimum Gasteiger partial charge on any atom is -0.354 e. The van der Waals surface area contributed by atoms with Crippen LogP contribution in [0.2, 0.25) is 0 Å². The van der Waals surface area contributed by atoms with Crippen molar-refractivity contribution in [3.63, 3.8) is 0 Å². The molecule has 0 heterocycles. The average Bonchev–Trinajstić information content (AvgIpc) is 2.45. The van der Waals surface area contributed by atoms with Crippen molar-refractivity contribution in [3.05, 3.63) is 35.9 Å². The number of hydrogen-bond acceptors (Lipinski definition) is 4. The number of aryl methyl sites for hydroxylation is 1. The van der Waals surface area contributed by atoms with Gasteiger partial charge in [-0.2, -0.15) is 0 Å². The number of nitrogens with one attached hydrogen (secondary N) is 2. The molecule has 0 bridgehead atoms. The lowest BCUT2D eigenvalue weighted by molar-refractivity contribution is -0.122. The molecule has 1 aromatic carbocycles. The zero-order chi connectivity index (χ0) is 15.7. The van der Waals surface area contributed by atoms with E-state index in [1.807, 2.05) is 30.3 Å². The Labute approximate surface area is 126 Å². The third-order valence-electron chi connectivity index (χ3n) is 2.96. The highest BCUT2D eigenvalue weighted by Crippen LogP contribution is 2.04. The quantitative estimate of drug-likeness (QED) is 0.597. The van der Waals surface area contributed by atoms with Crippen LogP contribution in [0.3, 0.4) is 0 Å². The fraction of sp³-hybridized carbons (Fsp3) is 0.500. The van der Waals surface area contributed by atoms with Gasteiger partial charge in [-0.3, -0.25) is 4.79 Å². The fourth-order valence-corrected chi connectivity index (χ4v) is 2.78. The molecule has 1 aromatic rings. The first-order valence-corrected chi connectivity index (χ1v) is 8.64. The van der Waals surface area contributed by atoms with E-state index in [4.69, 9.17) is 5.73 Å². The third-order valence-corrected chi connectivity index (χ3v) is 4.43. The minimum atomic E-state index is -3.31. The predicted molar refractivity (Wildman–Crippen MR) is 83.2 cm³/mol. The Hall–Kier alpha value is -1.44. The molecule has 6 nitrogen and oxygen atoms in total. The maximum absolute atomic E-state index is 11.8. The number of hydrogen-bond donors (Lipinski definition) is 3. The van der Waals surface area contributed by atoms with Crippen LogP contribution >= 0.6 is 0 Å². The Morgan fingerprint density at radius 1 is 1.29 bits per heavy atom. The molecule has 0 aliphatic rings. The lowest BCUT2D eigenvalue weighted by atomic mass is 10.1. The van der Waals surface area contributed by atoms with E-state index in [1.165, 1.54) is 0 Å². The van der Waals surface area contributed by atoms with Crippen molar-refractivity contribution in [2.75, 3.05) is 18.8 Å². The van der Waals surface area contributed by atoms with E-state index in [2.05, 4.69) is 10.0 Å². The van der Waals surface area contributed by atoms with Crippen LogP contribution in [0.15, 0.2) is 30.3 Å². The summed E-state index contributed by atoms with van der Waals surface area (Å²) in [5, 5.41) is 2.55. The first-order chi connectivity index (χ1) is 9.94. The number of carbonyl (C=O) groups excluding carboxylic acids is 1. The molecule has 0 aromatic heterocycles. The van der Waals surface area contributed by atoms with Gasteiger partial charge in [0.15, 0.2) is 0 Å². The second-order valence-corrected chi connectivity index (χ2v) is 6.66. The van der Waals surface area contributed by atoms with Gasteiger partial charge in [-0.1, -0.05) is 37.3 Å². The van der Waals surface area contributed by atoms with Gasteiger partial charge in [0, 0.05) is 13.1 Å². The molecule has 1 unspecified atom stereocenters. The number of amides is 1. The molecule has 0 fully saturated rings. The Kier molecular flexibility index (Phi) is 7.35. The van der Waals surface area contributed by atoms with Gasteiger partial charge < -0.3 is 11.1 Å². The fourth-order valence-electron chi connectivity index (χ4n) is 1.83. The Morgan fingerprint density at radius 2 is 1.95 bits per heavy atom. The standard InChI is InChI=1S/C14H23N3O3S/c1-2-17-21(19,20)11-10-16-14(18)13(15)9-8-12-6-4-3-5-7-12/h3-7,13,17H,2,8-11,15H2,1H3,(H,16,18). The maximum Gasteiger partial charge on any atom is 0.236 e. The first-order valence-electron chi connectivity index (χ1n) is 6.99. The number of benzene rings is 1. The molecule has 0 aliphatic carbocycles. The predicted octanol–water partition coefficient (Wildman–Crippen LogP) is 0.00200. The molecule has 0 saturated heterocycles. The van der Waals surface area contributed by atoms with E-state index in [1.54, 1.807) is 6.92 Å². The van der Waals surface area contributed by atoms with Crippen LogP contribution in [0.4, 0.5) is 0 Å². The van der Waals surface area contributed by atoms with E-state index < -0.39 is 16.1 Å². The average molecular weight is 313 g/mol. The lowest BCUT2D eigenvalue weighted by Gasteiger charge is -2.12. The summed E-state index contributed by atoms with van der Waals surface area (Å²) in [7, 11) is -3.31. The normalized spacial score (nSPS) is 12.9. The highest BCUT2D eigenvalue weighted by molar-refractivity contribution is 7.89. The molecular formula is C14H23N3O3S. The summed E-state index contributed by atoms with van der Waals surface area (Å²) in [6, 6.07) is 9.13. The first kappa shape index (κ1) is 17.6. The lowest BCUT2D eigenvalue weighted by Crippen LogP contribution is -2.43. The zero-order valence-electron chi connectivity index (χ0n) is 12.2. The third kappa shape index (κ3) is 7.22. The summed E-state index contributed by atoms with van der Waals surface area (Å²) >= 11 is 0. The SMILES string of the molecule is CCNS(=O)(=O)CCNC(=O)C(N)CCc1ccccc1. The van der Waals surface area contributed by atoms with Crippen LogP contribution in [0.5, 0.6) is 0 Å². The second-order valence-electron chi connectivity index (χ2n) is 4.74. The van der Waals surface area contributed by atoms with Crippen LogP contribution in [-0.4, -0.2) is 39.2 Å². The molecular weight excluding hydrogens is 290 g/mol. The number of nitrogens with two attached hydrogens (primary N) is 1. The van der Waals surface area contributed by atoms with Gasteiger partial charge in [0.05, 0.1) is 11.8 Å². The molecule has 0 spiro atoms. The number of sulfonamides is 1. The Balaban J connectivity index is 2.28. The monoisotopic (exact) mass is 313 g/mol. The van der Waals surface area contributed by atoms with Gasteiger partial charge in [0.1, 0.15) is 0 Å². The van der Waals surface area contributed by atoms with Crippen molar-refractivity contribution in [1.29, 1.82) is 0 Å². The van der Waals surface area contributed by atoms with Crippen molar-refractivity contribution in [3.8, 4) is 0 Å². The highest BCUT2D eigenvalue weighted by atomic mass is 32.2. The molecule has 118 valence electrons. The smallest absolute Gasteiger partial charge is 0.236 e. The Bertz CT molecular complexity index is 532. The van der Waals surface area contributed by atoms with E-state index in [-0.39, 0.29) is 18.2 Å². The van der Waals surface area contributed by atoms with Crippen molar-refractivity contribution in [1.82, 2.24) is 10.0 Å². The zero-order valence-corrected chi connectivity index (χ0v) is 13.0. The molecule has 21 heavy (non-hydrogen) atoms. The van der Waals surface area contributed by atoms with Crippen LogP contribution in [0.1, 0.15) is 18.9 Å². The minimum absolute atomic E-state index is 0.0627.